The fourth-order valence-electron chi connectivity index (χ4n) is 1.54. The summed E-state index contributed by atoms with van der Waals surface area (Å²) in [6.45, 7) is 3.70. The molecule has 0 fully saturated rings. The summed E-state index contributed by atoms with van der Waals surface area (Å²) < 4.78 is -0.530. The van der Waals surface area contributed by atoms with Gasteiger partial charge in [-0.15, -0.1) is 23.1 Å². The first kappa shape index (κ1) is 15.5. The number of thiazole rings is 1. The second kappa shape index (κ2) is 6.26. The van der Waals surface area contributed by atoms with Gasteiger partial charge in [0.25, 0.3) is 0 Å². The van der Waals surface area contributed by atoms with Crippen molar-refractivity contribution < 1.29 is 9.90 Å². The molecule has 20 heavy (non-hydrogen) atoms. The standard InChI is InChI=1S/C13H16N2O2S3/c1-13(2,10(14)12(16)17)20-7-9-6-19-11(15-9)8-3-4-18-5-8/h3-6,10H,7,14H2,1-2H3,(H,16,17)/t10-/m1/s1. The number of nitrogens with two attached hydrogens (primary N) is 1. The van der Waals surface area contributed by atoms with Gasteiger partial charge in [0, 0.05) is 26.8 Å². The molecule has 0 spiro atoms. The van der Waals surface area contributed by atoms with Crippen LogP contribution in [-0.2, 0) is 10.5 Å². The number of rotatable bonds is 6. The average molecular weight is 328 g/mol. The molecule has 0 radical (unpaired) electrons. The molecule has 0 unspecified atom stereocenters. The molecule has 2 aromatic heterocycles. The van der Waals surface area contributed by atoms with E-state index >= 15 is 0 Å². The number of carbonyl (C=O) groups is 1. The van der Waals surface area contributed by atoms with Gasteiger partial charge in [0.15, 0.2) is 0 Å². The number of thioether (sulfide) groups is 1. The summed E-state index contributed by atoms with van der Waals surface area (Å²) in [4.78, 5) is 15.5. The second-order valence-corrected chi connectivity index (χ2v) is 8.13. The number of carboxylic acid groups (broad SMARTS) is 1. The summed E-state index contributed by atoms with van der Waals surface area (Å²) in [5.74, 6) is -0.311. The van der Waals surface area contributed by atoms with Crippen LogP contribution in [-0.4, -0.2) is 26.8 Å². The van der Waals surface area contributed by atoms with Crippen LogP contribution in [0.2, 0.25) is 0 Å². The van der Waals surface area contributed by atoms with Crippen molar-refractivity contribution in [2.75, 3.05) is 0 Å². The van der Waals surface area contributed by atoms with Crippen molar-refractivity contribution >= 4 is 40.4 Å². The first-order valence-electron chi connectivity index (χ1n) is 5.99. The monoisotopic (exact) mass is 328 g/mol. The molecule has 0 saturated heterocycles. The van der Waals surface area contributed by atoms with Crippen LogP contribution in [0.25, 0.3) is 10.6 Å². The largest absolute Gasteiger partial charge is 0.480 e. The summed E-state index contributed by atoms with van der Waals surface area (Å²) in [6.07, 6.45) is 0. The smallest absolute Gasteiger partial charge is 0.321 e. The quantitative estimate of drug-likeness (QED) is 0.851. The number of thiophene rings is 1. The van der Waals surface area contributed by atoms with Gasteiger partial charge >= 0.3 is 5.97 Å². The third-order valence-corrected chi connectivity index (χ3v) is 5.99. The Balaban J connectivity index is 2.00. The highest BCUT2D eigenvalue weighted by molar-refractivity contribution is 7.99. The van der Waals surface area contributed by atoms with E-state index in [0.29, 0.717) is 5.75 Å². The minimum atomic E-state index is -0.972. The Kier molecular flexibility index (Phi) is 4.85. The predicted molar refractivity (Wildman–Crippen MR) is 86.4 cm³/mol. The fourth-order valence-corrected chi connectivity index (χ4v) is 4.12. The molecule has 3 N–H and O–H groups in total. The van der Waals surface area contributed by atoms with Gasteiger partial charge < -0.3 is 10.8 Å². The Hall–Kier alpha value is -0.890. The number of aromatic nitrogens is 1. The van der Waals surface area contributed by atoms with Crippen LogP contribution in [0.1, 0.15) is 19.5 Å². The van der Waals surface area contributed by atoms with Gasteiger partial charge in [-0.2, -0.15) is 11.3 Å². The topological polar surface area (TPSA) is 76.2 Å². The molecule has 0 aliphatic heterocycles. The third-order valence-electron chi connectivity index (χ3n) is 2.93. The highest BCUT2D eigenvalue weighted by atomic mass is 32.2. The maximum absolute atomic E-state index is 11.0. The van der Waals surface area contributed by atoms with Crippen molar-refractivity contribution in [2.45, 2.75) is 30.4 Å². The lowest BCUT2D eigenvalue weighted by atomic mass is 10.1. The van der Waals surface area contributed by atoms with Gasteiger partial charge in [-0.05, 0) is 25.3 Å². The first-order valence-corrected chi connectivity index (χ1v) is 8.80. The van der Waals surface area contributed by atoms with Crippen LogP contribution in [0, 0.1) is 0 Å². The highest BCUT2D eigenvalue weighted by Crippen LogP contribution is 2.32. The van der Waals surface area contributed by atoms with E-state index in [1.54, 1.807) is 22.7 Å². The van der Waals surface area contributed by atoms with Crippen LogP contribution < -0.4 is 5.73 Å². The molecule has 0 saturated carbocycles. The number of carboxylic acids is 1. The van der Waals surface area contributed by atoms with Crippen LogP contribution >= 0.6 is 34.4 Å². The summed E-state index contributed by atoms with van der Waals surface area (Å²) >= 11 is 4.78. The van der Waals surface area contributed by atoms with Crippen LogP contribution in [0.4, 0.5) is 0 Å². The molecule has 2 heterocycles. The van der Waals surface area contributed by atoms with Crippen molar-refractivity contribution in [3.05, 3.63) is 27.9 Å². The maximum Gasteiger partial charge on any atom is 0.321 e. The molecule has 108 valence electrons. The van der Waals surface area contributed by atoms with Gasteiger partial charge in [0.1, 0.15) is 11.0 Å². The molecule has 0 amide bonds. The highest BCUT2D eigenvalue weighted by Gasteiger charge is 2.32. The SMILES string of the molecule is CC(C)(SCc1csc(-c2ccsc2)n1)[C@H](N)C(=O)O. The molecule has 7 heteroatoms. The average Bonchev–Trinajstić information content (AvgIpc) is 3.05. The van der Waals surface area contributed by atoms with Crippen molar-refractivity contribution in [1.29, 1.82) is 0 Å². The van der Waals surface area contributed by atoms with E-state index in [9.17, 15) is 4.79 Å². The normalized spacial score (nSPS) is 13.3. The van der Waals surface area contributed by atoms with Crippen molar-refractivity contribution in [1.82, 2.24) is 4.98 Å². The number of aliphatic carboxylic acids is 1. The van der Waals surface area contributed by atoms with E-state index in [2.05, 4.69) is 10.4 Å². The lowest BCUT2D eigenvalue weighted by Crippen LogP contribution is -2.46. The Bertz CT molecular complexity index is 578. The molecule has 4 nitrogen and oxygen atoms in total. The Morgan fingerprint density at radius 3 is 2.90 bits per heavy atom. The Labute approximate surface area is 130 Å². The lowest BCUT2D eigenvalue weighted by molar-refractivity contribution is -0.139. The van der Waals surface area contributed by atoms with E-state index in [0.717, 1.165) is 16.3 Å². The van der Waals surface area contributed by atoms with E-state index < -0.39 is 16.8 Å². The predicted octanol–water partition coefficient (Wildman–Crippen LogP) is 3.30. The number of hydrogen-bond donors (Lipinski definition) is 2. The Morgan fingerprint density at radius 1 is 1.55 bits per heavy atom. The van der Waals surface area contributed by atoms with Crippen molar-refractivity contribution in [2.24, 2.45) is 5.73 Å². The third kappa shape index (κ3) is 3.60. The van der Waals surface area contributed by atoms with Crippen LogP contribution in [0.3, 0.4) is 0 Å². The zero-order valence-electron chi connectivity index (χ0n) is 11.2. The fraction of sp³-hybridized carbons (Fsp3) is 0.385. The summed E-state index contributed by atoms with van der Waals surface area (Å²) in [5.41, 5.74) is 7.81. The minimum absolute atomic E-state index is 0.530. The minimum Gasteiger partial charge on any atom is -0.480 e. The van der Waals surface area contributed by atoms with E-state index in [1.165, 1.54) is 11.8 Å². The maximum atomic E-state index is 11.0. The molecular formula is C13H16N2O2S3. The summed E-state index contributed by atoms with van der Waals surface area (Å²) in [5, 5.41) is 16.1. The molecule has 1 atom stereocenters. The molecule has 0 aliphatic rings. The molecule has 0 aromatic carbocycles. The summed E-state index contributed by atoms with van der Waals surface area (Å²) in [6, 6.07) is 1.16. The van der Waals surface area contributed by atoms with Crippen molar-refractivity contribution in [3.63, 3.8) is 0 Å². The number of nitrogens with zero attached hydrogens (tertiary/aromatic N) is 1. The van der Waals surface area contributed by atoms with Crippen LogP contribution in [0.5, 0.6) is 0 Å². The van der Waals surface area contributed by atoms with Gasteiger partial charge in [0.2, 0.25) is 0 Å². The van der Waals surface area contributed by atoms with Crippen LogP contribution in [0.15, 0.2) is 22.2 Å². The van der Waals surface area contributed by atoms with Crippen molar-refractivity contribution in [3.8, 4) is 10.6 Å². The molecule has 0 bridgehead atoms. The van der Waals surface area contributed by atoms with E-state index in [4.69, 9.17) is 10.8 Å². The van der Waals surface area contributed by atoms with E-state index in [1.807, 2.05) is 30.7 Å². The zero-order chi connectivity index (χ0) is 14.8. The van der Waals surface area contributed by atoms with Gasteiger partial charge in [-0.1, -0.05) is 0 Å². The van der Waals surface area contributed by atoms with Gasteiger partial charge in [0.05, 0.1) is 5.69 Å². The molecule has 2 rings (SSSR count). The lowest BCUT2D eigenvalue weighted by Gasteiger charge is -2.27. The molecular weight excluding hydrogens is 312 g/mol. The first-order chi connectivity index (χ1) is 9.40. The Morgan fingerprint density at radius 2 is 2.30 bits per heavy atom. The molecule has 2 aromatic rings. The van der Waals surface area contributed by atoms with E-state index in [-0.39, 0.29) is 0 Å². The van der Waals surface area contributed by atoms with Gasteiger partial charge in [-0.3, -0.25) is 4.79 Å². The second-order valence-electron chi connectivity index (χ2n) is 4.86. The zero-order valence-corrected chi connectivity index (χ0v) is 13.6. The van der Waals surface area contributed by atoms with Gasteiger partial charge in [-0.25, -0.2) is 4.98 Å². The summed E-state index contributed by atoms with van der Waals surface area (Å²) in [7, 11) is 0. The number of hydrogen-bond acceptors (Lipinski definition) is 6. The molecule has 0 aliphatic carbocycles.